The first kappa shape index (κ1) is 12.6. The van der Waals surface area contributed by atoms with Crippen molar-refractivity contribution in [2.75, 3.05) is 0 Å². The van der Waals surface area contributed by atoms with E-state index < -0.39 is 0 Å². The number of aryl methyl sites for hydroxylation is 1. The van der Waals surface area contributed by atoms with Gasteiger partial charge >= 0.3 is 0 Å². The fourth-order valence-corrected chi connectivity index (χ4v) is 3.47. The van der Waals surface area contributed by atoms with Crippen LogP contribution in [0.2, 0.25) is 0 Å². The monoisotopic (exact) mass is 280 g/mol. The van der Waals surface area contributed by atoms with Crippen molar-refractivity contribution in [3.05, 3.63) is 36.2 Å². The molecule has 0 unspecified atom stereocenters. The summed E-state index contributed by atoms with van der Waals surface area (Å²) in [4.78, 5) is 0. The highest BCUT2D eigenvalue weighted by Gasteiger charge is 2.21. The average molecular weight is 280 g/mol. The Kier molecular flexibility index (Phi) is 3.02. The Labute approximate surface area is 124 Å². The SMILES string of the molecule is CCc1nn(C2CCCC2)c2cc(-c3cc[nH]n3)ccc12. The molecule has 0 bridgehead atoms. The molecule has 108 valence electrons. The molecule has 21 heavy (non-hydrogen) atoms. The van der Waals surface area contributed by atoms with Crippen LogP contribution in [0.15, 0.2) is 30.5 Å². The molecule has 1 fully saturated rings. The molecule has 0 atom stereocenters. The van der Waals surface area contributed by atoms with Crippen molar-refractivity contribution < 1.29 is 0 Å². The quantitative estimate of drug-likeness (QED) is 0.785. The summed E-state index contributed by atoms with van der Waals surface area (Å²) in [6.45, 7) is 2.18. The Morgan fingerprint density at radius 1 is 1.24 bits per heavy atom. The summed E-state index contributed by atoms with van der Waals surface area (Å²) in [5, 5.41) is 13.4. The van der Waals surface area contributed by atoms with E-state index in [-0.39, 0.29) is 0 Å². The highest BCUT2D eigenvalue weighted by Crippen LogP contribution is 2.34. The molecule has 4 nitrogen and oxygen atoms in total. The number of aromatic nitrogens is 4. The van der Waals surface area contributed by atoms with Crippen molar-refractivity contribution in [2.24, 2.45) is 0 Å². The third kappa shape index (κ3) is 2.06. The molecule has 1 aromatic carbocycles. The molecule has 0 saturated heterocycles. The highest BCUT2D eigenvalue weighted by atomic mass is 15.3. The Bertz CT molecular complexity index is 749. The van der Waals surface area contributed by atoms with Gasteiger partial charge in [0.25, 0.3) is 0 Å². The first-order valence-corrected chi connectivity index (χ1v) is 7.88. The third-order valence-electron chi connectivity index (χ3n) is 4.59. The van der Waals surface area contributed by atoms with Gasteiger partial charge in [-0.05, 0) is 31.4 Å². The minimum atomic E-state index is 0.572. The minimum Gasteiger partial charge on any atom is -0.285 e. The third-order valence-corrected chi connectivity index (χ3v) is 4.59. The summed E-state index contributed by atoms with van der Waals surface area (Å²) in [6.07, 6.45) is 8.02. The summed E-state index contributed by atoms with van der Waals surface area (Å²) in [6, 6.07) is 9.19. The van der Waals surface area contributed by atoms with Crippen LogP contribution >= 0.6 is 0 Å². The predicted molar refractivity (Wildman–Crippen MR) is 84.2 cm³/mol. The van der Waals surface area contributed by atoms with Crippen molar-refractivity contribution in [2.45, 2.75) is 45.1 Å². The highest BCUT2D eigenvalue weighted by molar-refractivity contribution is 5.86. The maximum absolute atomic E-state index is 4.90. The molecule has 2 aromatic heterocycles. The van der Waals surface area contributed by atoms with Crippen LogP contribution in [0, 0.1) is 0 Å². The number of hydrogen-bond donors (Lipinski definition) is 1. The van der Waals surface area contributed by atoms with Gasteiger partial charge in [0.1, 0.15) is 0 Å². The molecule has 3 aromatic rings. The fraction of sp³-hybridized carbons (Fsp3) is 0.412. The van der Waals surface area contributed by atoms with Gasteiger partial charge in [-0.2, -0.15) is 10.2 Å². The summed E-state index contributed by atoms with van der Waals surface area (Å²) >= 11 is 0. The van der Waals surface area contributed by atoms with Crippen LogP contribution < -0.4 is 0 Å². The normalized spacial score (nSPS) is 16.0. The van der Waals surface area contributed by atoms with Gasteiger partial charge in [-0.25, -0.2) is 0 Å². The molecule has 1 saturated carbocycles. The van der Waals surface area contributed by atoms with Gasteiger partial charge < -0.3 is 0 Å². The second-order valence-corrected chi connectivity index (χ2v) is 5.87. The van der Waals surface area contributed by atoms with Crippen LogP contribution in [0.1, 0.15) is 44.3 Å². The smallest absolute Gasteiger partial charge is 0.0921 e. The zero-order valence-corrected chi connectivity index (χ0v) is 12.3. The lowest BCUT2D eigenvalue weighted by Gasteiger charge is -2.11. The van der Waals surface area contributed by atoms with Gasteiger partial charge in [-0.15, -0.1) is 0 Å². The molecular formula is C17H20N4. The van der Waals surface area contributed by atoms with E-state index in [1.807, 2.05) is 12.3 Å². The fourth-order valence-electron chi connectivity index (χ4n) is 3.47. The lowest BCUT2D eigenvalue weighted by atomic mass is 10.1. The van der Waals surface area contributed by atoms with E-state index in [9.17, 15) is 0 Å². The van der Waals surface area contributed by atoms with Crippen LogP contribution in [-0.4, -0.2) is 20.0 Å². The molecule has 0 aliphatic heterocycles. The van der Waals surface area contributed by atoms with Crippen molar-refractivity contribution in [3.63, 3.8) is 0 Å². The van der Waals surface area contributed by atoms with Crippen LogP contribution in [0.3, 0.4) is 0 Å². The second-order valence-electron chi connectivity index (χ2n) is 5.87. The zero-order valence-electron chi connectivity index (χ0n) is 12.3. The number of H-pyrrole nitrogens is 1. The number of fused-ring (bicyclic) bond motifs is 1. The Morgan fingerprint density at radius 2 is 2.10 bits per heavy atom. The van der Waals surface area contributed by atoms with E-state index in [0.717, 1.165) is 17.7 Å². The van der Waals surface area contributed by atoms with E-state index in [4.69, 9.17) is 5.10 Å². The predicted octanol–water partition coefficient (Wildman–Crippen LogP) is 4.10. The molecule has 1 aliphatic rings. The Morgan fingerprint density at radius 3 is 2.81 bits per heavy atom. The van der Waals surface area contributed by atoms with Crippen molar-refractivity contribution >= 4 is 10.9 Å². The zero-order chi connectivity index (χ0) is 14.2. The van der Waals surface area contributed by atoms with Gasteiger partial charge in [0.2, 0.25) is 0 Å². The largest absolute Gasteiger partial charge is 0.285 e. The number of nitrogens with zero attached hydrogens (tertiary/aromatic N) is 3. The van der Waals surface area contributed by atoms with Crippen molar-refractivity contribution in [1.82, 2.24) is 20.0 Å². The molecule has 0 spiro atoms. The summed E-state index contributed by atoms with van der Waals surface area (Å²) < 4.78 is 2.28. The average Bonchev–Trinajstić information content (AvgIpc) is 3.25. The molecule has 4 heteroatoms. The molecule has 4 rings (SSSR count). The number of rotatable bonds is 3. The maximum Gasteiger partial charge on any atom is 0.0921 e. The minimum absolute atomic E-state index is 0.572. The summed E-state index contributed by atoms with van der Waals surface area (Å²) in [5.41, 5.74) is 4.63. The first-order valence-electron chi connectivity index (χ1n) is 7.88. The molecule has 1 N–H and O–H groups in total. The molecule has 1 aliphatic carbocycles. The molecule has 2 heterocycles. The van der Waals surface area contributed by atoms with Gasteiger partial charge in [-0.1, -0.05) is 31.9 Å². The lowest BCUT2D eigenvalue weighted by Crippen LogP contribution is -2.06. The van der Waals surface area contributed by atoms with Gasteiger partial charge in [0, 0.05) is 17.1 Å². The Hall–Kier alpha value is -2.10. The van der Waals surface area contributed by atoms with E-state index in [0.29, 0.717) is 6.04 Å². The van der Waals surface area contributed by atoms with Crippen LogP contribution in [0.25, 0.3) is 22.2 Å². The lowest BCUT2D eigenvalue weighted by molar-refractivity contribution is 0.478. The van der Waals surface area contributed by atoms with E-state index in [1.54, 1.807) is 0 Å². The standard InChI is InChI=1S/C17H20N4/c1-2-15-14-8-7-12(16-9-10-18-19-16)11-17(14)21(20-15)13-5-3-4-6-13/h7-11,13H,2-6H2,1H3,(H,18,19). The van der Waals surface area contributed by atoms with E-state index in [2.05, 4.69) is 40.0 Å². The van der Waals surface area contributed by atoms with Gasteiger partial charge in [0.15, 0.2) is 0 Å². The van der Waals surface area contributed by atoms with E-state index in [1.165, 1.54) is 42.3 Å². The molecular weight excluding hydrogens is 260 g/mol. The molecule has 0 amide bonds. The number of aromatic amines is 1. The summed E-state index contributed by atoms with van der Waals surface area (Å²) in [5.74, 6) is 0. The number of benzene rings is 1. The maximum atomic E-state index is 4.90. The van der Waals surface area contributed by atoms with E-state index >= 15 is 0 Å². The van der Waals surface area contributed by atoms with Crippen molar-refractivity contribution in [3.8, 4) is 11.3 Å². The van der Waals surface area contributed by atoms with Crippen LogP contribution in [0.4, 0.5) is 0 Å². The van der Waals surface area contributed by atoms with Crippen LogP contribution in [-0.2, 0) is 6.42 Å². The second kappa shape index (κ2) is 5.02. The topological polar surface area (TPSA) is 46.5 Å². The van der Waals surface area contributed by atoms with Crippen molar-refractivity contribution in [1.29, 1.82) is 0 Å². The number of nitrogens with one attached hydrogen (secondary N) is 1. The molecule has 0 radical (unpaired) electrons. The van der Waals surface area contributed by atoms with Crippen LogP contribution in [0.5, 0.6) is 0 Å². The van der Waals surface area contributed by atoms with Gasteiger partial charge in [0.05, 0.1) is 22.9 Å². The summed E-state index contributed by atoms with van der Waals surface area (Å²) in [7, 11) is 0. The number of hydrogen-bond acceptors (Lipinski definition) is 2. The van der Waals surface area contributed by atoms with Gasteiger partial charge in [-0.3, -0.25) is 9.78 Å². The first-order chi connectivity index (χ1) is 10.4. The Balaban J connectivity index is 1.89.